The van der Waals surface area contributed by atoms with Crippen LogP contribution < -0.4 is 4.74 Å². The quantitative estimate of drug-likeness (QED) is 0.708. The maximum absolute atomic E-state index is 11.7. The summed E-state index contributed by atoms with van der Waals surface area (Å²) in [6.07, 6.45) is 1.51. The molecule has 0 N–H and O–H groups in total. The standard InChI is InChI=1S/C15H20N2O2/c1-13-7-3-4-8-14(13)19-12-5-9-15(18)17(2)11-6-10-16/h3-4,7-8H,5-6,9,11-12H2,1-2H3. The normalized spacial score (nSPS) is 9.74. The molecule has 0 aromatic heterocycles. The Balaban J connectivity index is 2.22. The summed E-state index contributed by atoms with van der Waals surface area (Å²) in [7, 11) is 1.72. The summed E-state index contributed by atoms with van der Waals surface area (Å²) in [5, 5.41) is 8.46. The highest BCUT2D eigenvalue weighted by Crippen LogP contribution is 2.16. The molecule has 0 atom stereocenters. The van der Waals surface area contributed by atoms with Crippen molar-refractivity contribution in [3.05, 3.63) is 29.8 Å². The van der Waals surface area contributed by atoms with E-state index in [0.717, 1.165) is 11.3 Å². The smallest absolute Gasteiger partial charge is 0.222 e. The van der Waals surface area contributed by atoms with Crippen LogP contribution in [0.1, 0.15) is 24.8 Å². The number of rotatable bonds is 7. The van der Waals surface area contributed by atoms with Crippen molar-refractivity contribution in [3.8, 4) is 11.8 Å². The number of hydrogen-bond donors (Lipinski definition) is 0. The van der Waals surface area contributed by atoms with Crippen molar-refractivity contribution in [1.82, 2.24) is 4.90 Å². The van der Waals surface area contributed by atoms with E-state index in [9.17, 15) is 4.79 Å². The lowest BCUT2D eigenvalue weighted by Crippen LogP contribution is -2.27. The molecule has 0 aliphatic rings. The number of benzene rings is 1. The SMILES string of the molecule is Cc1ccccc1OCCCC(=O)N(C)CCC#N. The van der Waals surface area contributed by atoms with Gasteiger partial charge in [0.25, 0.3) is 0 Å². The summed E-state index contributed by atoms with van der Waals surface area (Å²) in [4.78, 5) is 13.3. The third kappa shape index (κ3) is 5.43. The number of nitriles is 1. The first-order chi connectivity index (χ1) is 9.15. The topological polar surface area (TPSA) is 53.3 Å². The van der Waals surface area contributed by atoms with Crippen molar-refractivity contribution in [2.75, 3.05) is 20.2 Å². The zero-order chi connectivity index (χ0) is 14.1. The van der Waals surface area contributed by atoms with Gasteiger partial charge in [0, 0.05) is 20.0 Å². The number of para-hydroxylation sites is 1. The third-order valence-electron chi connectivity index (χ3n) is 2.87. The molecule has 0 saturated carbocycles. The molecule has 1 amide bonds. The van der Waals surface area contributed by atoms with Gasteiger partial charge in [0.2, 0.25) is 5.91 Å². The van der Waals surface area contributed by atoms with E-state index < -0.39 is 0 Å². The second kappa shape index (κ2) is 8.15. The third-order valence-corrected chi connectivity index (χ3v) is 2.87. The minimum Gasteiger partial charge on any atom is -0.493 e. The number of nitrogens with zero attached hydrogens (tertiary/aromatic N) is 2. The minimum atomic E-state index is 0.0589. The monoisotopic (exact) mass is 260 g/mol. The molecule has 0 aliphatic heterocycles. The van der Waals surface area contributed by atoms with Crippen molar-refractivity contribution < 1.29 is 9.53 Å². The lowest BCUT2D eigenvalue weighted by Gasteiger charge is -2.15. The number of amides is 1. The molecule has 1 aromatic rings. The van der Waals surface area contributed by atoms with Crippen LogP contribution in [0.3, 0.4) is 0 Å². The molecule has 0 bridgehead atoms. The van der Waals surface area contributed by atoms with Crippen molar-refractivity contribution in [1.29, 1.82) is 5.26 Å². The van der Waals surface area contributed by atoms with Gasteiger partial charge < -0.3 is 9.64 Å². The first kappa shape index (κ1) is 15.0. The fraction of sp³-hybridized carbons (Fsp3) is 0.467. The highest BCUT2D eigenvalue weighted by atomic mass is 16.5. The molecule has 1 rings (SSSR count). The summed E-state index contributed by atoms with van der Waals surface area (Å²) >= 11 is 0. The summed E-state index contributed by atoms with van der Waals surface area (Å²) < 4.78 is 5.62. The maximum atomic E-state index is 11.7. The predicted octanol–water partition coefficient (Wildman–Crippen LogP) is 2.53. The Hall–Kier alpha value is -2.02. The zero-order valence-corrected chi connectivity index (χ0v) is 11.6. The Morgan fingerprint density at radius 1 is 1.42 bits per heavy atom. The van der Waals surface area contributed by atoms with Crippen molar-refractivity contribution in [2.24, 2.45) is 0 Å². The summed E-state index contributed by atoms with van der Waals surface area (Å²) in [6, 6.07) is 9.85. The minimum absolute atomic E-state index is 0.0589. The molecule has 102 valence electrons. The van der Waals surface area contributed by atoms with Crippen LogP contribution in [0.5, 0.6) is 5.75 Å². The number of aryl methyl sites for hydroxylation is 1. The number of hydrogen-bond acceptors (Lipinski definition) is 3. The van der Waals surface area contributed by atoms with Gasteiger partial charge in [0.05, 0.1) is 19.1 Å². The van der Waals surface area contributed by atoms with Crippen LogP contribution in [0, 0.1) is 18.3 Å². The van der Waals surface area contributed by atoms with E-state index in [-0.39, 0.29) is 5.91 Å². The Morgan fingerprint density at radius 2 is 2.16 bits per heavy atom. The van der Waals surface area contributed by atoms with Gasteiger partial charge in [-0.15, -0.1) is 0 Å². The van der Waals surface area contributed by atoms with E-state index in [2.05, 4.69) is 0 Å². The van der Waals surface area contributed by atoms with Gasteiger partial charge in [0.15, 0.2) is 0 Å². The first-order valence-electron chi connectivity index (χ1n) is 6.44. The van der Waals surface area contributed by atoms with E-state index in [1.54, 1.807) is 11.9 Å². The first-order valence-corrected chi connectivity index (χ1v) is 6.44. The average molecular weight is 260 g/mol. The average Bonchev–Trinajstić information content (AvgIpc) is 2.42. The lowest BCUT2D eigenvalue weighted by molar-refractivity contribution is -0.130. The fourth-order valence-corrected chi connectivity index (χ4v) is 1.66. The summed E-state index contributed by atoms with van der Waals surface area (Å²) in [5.41, 5.74) is 1.10. The largest absolute Gasteiger partial charge is 0.493 e. The van der Waals surface area contributed by atoms with E-state index in [1.165, 1.54) is 0 Å². The van der Waals surface area contributed by atoms with E-state index in [4.69, 9.17) is 10.00 Å². The van der Waals surface area contributed by atoms with Gasteiger partial charge in [-0.25, -0.2) is 0 Å². The summed E-state index contributed by atoms with van der Waals surface area (Å²) in [6.45, 7) is 3.02. The van der Waals surface area contributed by atoms with E-state index >= 15 is 0 Å². The van der Waals surface area contributed by atoms with E-state index in [0.29, 0.717) is 32.4 Å². The molecule has 0 aliphatic carbocycles. The molecule has 4 heteroatoms. The van der Waals surface area contributed by atoms with Gasteiger partial charge >= 0.3 is 0 Å². The Kier molecular flexibility index (Phi) is 6.45. The fourth-order valence-electron chi connectivity index (χ4n) is 1.66. The van der Waals surface area contributed by atoms with Gasteiger partial charge in [0.1, 0.15) is 5.75 Å². The van der Waals surface area contributed by atoms with Crippen molar-refractivity contribution in [3.63, 3.8) is 0 Å². The second-order valence-corrected chi connectivity index (χ2v) is 4.44. The lowest BCUT2D eigenvalue weighted by atomic mass is 10.2. The zero-order valence-electron chi connectivity index (χ0n) is 11.6. The van der Waals surface area contributed by atoms with Crippen LogP contribution >= 0.6 is 0 Å². The van der Waals surface area contributed by atoms with Gasteiger partial charge in [-0.1, -0.05) is 18.2 Å². The molecular formula is C15H20N2O2. The van der Waals surface area contributed by atoms with Crippen LogP contribution in [-0.2, 0) is 4.79 Å². The van der Waals surface area contributed by atoms with E-state index in [1.807, 2.05) is 37.3 Å². The number of carbonyl (C=O) groups excluding carboxylic acids is 1. The van der Waals surface area contributed by atoms with Gasteiger partial charge in [-0.2, -0.15) is 5.26 Å². The molecule has 0 spiro atoms. The van der Waals surface area contributed by atoms with Crippen LogP contribution in [0.25, 0.3) is 0 Å². The molecule has 19 heavy (non-hydrogen) atoms. The molecule has 0 unspecified atom stereocenters. The van der Waals surface area contributed by atoms with Crippen molar-refractivity contribution in [2.45, 2.75) is 26.2 Å². The van der Waals surface area contributed by atoms with Crippen LogP contribution in [0.4, 0.5) is 0 Å². The van der Waals surface area contributed by atoms with Crippen LogP contribution in [-0.4, -0.2) is 31.0 Å². The molecule has 4 nitrogen and oxygen atoms in total. The molecule has 1 aromatic carbocycles. The molecule has 0 heterocycles. The Labute approximate surface area is 114 Å². The highest BCUT2D eigenvalue weighted by molar-refractivity contribution is 5.75. The molecule has 0 radical (unpaired) electrons. The molecule has 0 fully saturated rings. The number of carbonyl (C=O) groups is 1. The highest BCUT2D eigenvalue weighted by Gasteiger charge is 2.07. The number of ether oxygens (including phenoxy) is 1. The second-order valence-electron chi connectivity index (χ2n) is 4.44. The van der Waals surface area contributed by atoms with Crippen LogP contribution in [0.2, 0.25) is 0 Å². The maximum Gasteiger partial charge on any atom is 0.222 e. The Morgan fingerprint density at radius 3 is 2.84 bits per heavy atom. The molecular weight excluding hydrogens is 240 g/mol. The van der Waals surface area contributed by atoms with Crippen LogP contribution in [0.15, 0.2) is 24.3 Å². The summed E-state index contributed by atoms with van der Waals surface area (Å²) in [5.74, 6) is 0.927. The Bertz CT molecular complexity index is 452. The van der Waals surface area contributed by atoms with Gasteiger partial charge in [-0.3, -0.25) is 4.79 Å². The van der Waals surface area contributed by atoms with Crippen molar-refractivity contribution >= 4 is 5.91 Å². The van der Waals surface area contributed by atoms with Gasteiger partial charge in [-0.05, 0) is 25.0 Å². The molecule has 0 saturated heterocycles. The predicted molar refractivity (Wildman–Crippen MR) is 73.8 cm³/mol.